The van der Waals surface area contributed by atoms with E-state index in [-0.39, 0.29) is 17.5 Å². The highest BCUT2D eigenvalue weighted by molar-refractivity contribution is 7.99. The first-order valence-corrected chi connectivity index (χ1v) is 9.28. The Morgan fingerprint density at radius 3 is 2.60 bits per heavy atom. The number of nitrogens with zero attached hydrogens (tertiary/aromatic N) is 1. The lowest BCUT2D eigenvalue weighted by Gasteiger charge is -2.23. The van der Waals surface area contributed by atoms with Crippen molar-refractivity contribution in [2.24, 2.45) is 0 Å². The zero-order valence-electron chi connectivity index (χ0n) is 13.9. The van der Waals surface area contributed by atoms with E-state index in [1.54, 1.807) is 29.2 Å². The van der Waals surface area contributed by atoms with E-state index in [0.717, 1.165) is 12.0 Å². The summed E-state index contributed by atoms with van der Waals surface area (Å²) in [6.45, 7) is 2.05. The number of thioether (sulfide) groups is 1. The average Bonchev–Trinajstić information content (AvgIpc) is 3.13. The van der Waals surface area contributed by atoms with Crippen molar-refractivity contribution < 1.29 is 14.0 Å². The molecule has 1 atom stereocenters. The fraction of sp³-hybridized carbons (Fsp3) is 0.263. The fourth-order valence-corrected chi connectivity index (χ4v) is 3.84. The molecule has 0 aromatic heterocycles. The van der Waals surface area contributed by atoms with Gasteiger partial charge in [0.05, 0.1) is 11.6 Å². The van der Waals surface area contributed by atoms with Crippen molar-refractivity contribution in [2.45, 2.75) is 19.4 Å². The van der Waals surface area contributed by atoms with E-state index in [0.29, 0.717) is 17.2 Å². The molecular weight excluding hydrogens is 339 g/mol. The van der Waals surface area contributed by atoms with Crippen LogP contribution < -0.4 is 5.32 Å². The highest BCUT2D eigenvalue weighted by Crippen LogP contribution is 2.25. The van der Waals surface area contributed by atoms with Crippen molar-refractivity contribution in [1.82, 2.24) is 4.90 Å². The molecule has 4 nitrogen and oxygen atoms in total. The number of amides is 2. The number of hydrogen-bond acceptors (Lipinski definition) is 3. The monoisotopic (exact) mass is 358 g/mol. The minimum Gasteiger partial charge on any atom is -0.322 e. The SMILES string of the molecule is CCc1ccc(C(=O)N2CSC[C@@H]2C(=O)Nc2ccccc2F)cc1. The van der Waals surface area contributed by atoms with Gasteiger partial charge in [0.1, 0.15) is 11.9 Å². The molecule has 130 valence electrons. The van der Waals surface area contributed by atoms with Crippen LogP contribution in [-0.2, 0) is 11.2 Å². The highest BCUT2D eigenvalue weighted by Gasteiger charge is 2.35. The van der Waals surface area contributed by atoms with E-state index in [1.165, 1.54) is 23.9 Å². The topological polar surface area (TPSA) is 49.4 Å². The number of benzene rings is 2. The Balaban J connectivity index is 1.74. The number of rotatable bonds is 4. The molecular formula is C19H19FN2O2S. The Labute approximate surface area is 150 Å². The normalized spacial score (nSPS) is 16.7. The van der Waals surface area contributed by atoms with E-state index in [4.69, 9.17) is 0 Å². The van der Waals surface area contributed by atoms with Gasteiger partial charge in [-0.1, -0.05) is 31.2 Å². The third-order valence-electron chi connectivity index (χ3n) is 4.19. The number of carbonyl (C=O) groups is 2. The van der Waals surface area contributed by atoms with Crippen LogP contribution in [0.2, 0.25) is 0 Å². The molecule has 1 aliphatic rings. The van der Waals surface area contributed by atoms with Crippen LogP contribution in [0.15, 0.2) is 48.5 Å². The lowest BCUT2D eigenvalue weighted by Crippen LogP contribution is -2.44. The summed E-state index contributed by atoms with van der Waals surface area (Å²) in [7, 11) is 0. The summed E-state index contributed by atoms with van der Waals surface area (Å²) in [6, 6.07) is 12.8. The molecule has 0 radical (unpaired) electrons. The molecule has 2 amide bonds. The summed E-state index contributed by atoms with van der Waals surface area (Å²) in [5.74, 6) is -0.0903. The number of carbonyl (C=O) groups excluding carboxylic acids is 2. The van der Waals surface area contributed by atoms with Gasteiger partial charge in [-0.05, 0) is 36.2 Å². The predicted molar refractivity (Wildman–Crippen MR) is 98.1 cm³/mol. The molecule has 0 saturated carbocycles. The molecule has 0 bridgehead atoms. The van der Waals surface area contributed by atoms with Crippen molar-refractivity contribution in [2.75, 3.05) is 16.9 Å². The van der Waals surface area contributed by atoms with Crippen molar-refractivity contribution in [3.8, 4) is 0 Å². The Morgan fingerprint density at radius 2 is 1.92 bits per heavy atom. The van der Waals surface area contributed by atoms with E-state index in [2.05, 4.69) is 12.2 Å². The summed E-state index contributed by atoms with van der Waals surface area (Å²) in [4.78, 5) is 26.8. The van der Waals surface area contributed by atoms with Gasteiger partial charge in [-0.3, -0.25) is 9.59 Å². The maximum Gasteiger partial charge on any atom is 0.255 e. The van der Waals surface area contributed by atoms with Gasteiger partial charge < -0.3 is 10.2 Å². The summed E-state index contributed by atoms with van der Waals surface area (Å²) in [5.41, 5.74) is 1.84. The molecule has 0 spiro atoms. The first kappa shape index (κ1) is 17.5. The van der Waals surface area contributed by atoms with Gasteiger partial charge in [-0.2, -0.15) is 0 Å². The third-order valence-corrected chi connectivity index (χ3v) is 5.20. The van der Waals surface area contributed by atoms with E-state index < -0.39 is 11.9 Å². The van der Waals surface area contributed by atoms with Crippen molar-refractivity contribution in [3.63, 3.8) is 0 Å². The molecule has 1 N–H and O–H groups in total. The van der Waals surface area contributed by atoms with Gasteiger partial charge in [-0.15, -0.1) is 11.8 Å². The fourth-order valence-electron chi connectivity index (χ4n) is 2.69. The molecule has 1 fully saturated rings. The number of halogens is 1. The molecule has 0 aliphatic carbocycles. The maximum absolute atomic E-state index is 13.7. The van der Waals surface area contributed by atoms with Crippen molar-refractivity contribution in [3.05, 3.63) is 65.5 Å². The minimum absolute atomic E-state index is 0.129. The largest absolute Gasteiger partial charge is 0.322 e. The summed E-state index contributed by atoms with van der Waals surface area (Å²) in [5, 5.41) is 2.59. The molecule has 1 heterocycles. The number of para-hydroxylation sites is 1. The van der Waals surface area contributed by atoms with E-state index >= 15 is 0 Å². The number of nitrogens with one attached hydrogen (secondary N) is 1. The van der Waals surface area contributed by atoms with Crippen LogP contribution in [0.4, 0.5) is 10.1 Å². The summed E-state index contributed by atoms with van der Waals surface area (Å²) in [6.07, 6.45) is 0.904. The molecule has 1 saturated heterocycles. The second-order valence-electron chi connectivity index (χ2n) is 5.81. The molecule has 2 aromatic carbocycles. The number of anilines is 1. The predicted octanol–water partition coefficient (Wildman–Crippen LogP) is 3.54. The molecule has 6 heteroatoms. The van der Waals surface area contributed by atoms with Crippen LogP contribution in [0.25, 0.3) is 0 Å². The zero-order valence-corrected chi connectivity index (χ0v) is 14.7. The zero-order chi connectivity index (χ0) is 17.8. The summed E-state index contributed by atoms with van der Waals surface area (Å²) < 4.78 is 13.7. The van der Waals surface area contributed by atoms with Gasteiger partial charge in [0.25, 0.3) is 5.91 Å². The van der Waals surface area contributed by atoms with Gasteiger partial charge in [0.15, 0.2) is 0 Å². The quantitative estimate of drug-likeness (QED) is 0.909. The minimum atomic E-state index is -0.608. The first-order chi connectivity index (χ1) is 12.1. The van der Waals surface area contributed by atoms with Crippen molar-refractivity contribution in [1.29, 1.82) is 0 Å². The van der Waals surface area contributed by atoms with Gasteiger partial charge in [0.2, 0.25) is 5.91 Å². The average molecular weight is 358 g/mol. The van der Waals surface area contributed by atoms with Gasteiger partial charge in [0, 0.05) is 11.3 Å². The van der Waals surface area contributed by atoms with E-state index in [1.807, 2.05) is 12.1 Å². The standard InChI is InChI=1S/C19H19FN2O2S/c1-2-13-7-9-14(10-8-13)19(24)22-12-25-11-17(22)18(23)21-16-6-4-3-5-15(16)20/h3-10,17H,2,11-12H2,1H3,(H,21,23)/t17-/m1/s1. The number of aryl methyl sites for hydroxylation is 1. The Morgan fingerprint density at radius 1 is 1.20 bits per heavy atom. The lowest BCUT2D eigenvalue weighted by molar-refractivity contribution is -0.119. The van der Waals surface area contributed by atoms with E-state index in [9.17, 15) is 14.0 Å². The van der Waals surface area contributed by atoms with Crippen LogP contribution in [0, 0.1) is 5.82 Å². The molecule has 1 aliphatic heterocycles. The second kappa shape index (κ2) is 7.70. The van der Waals surface area contributed by atoms with Crippen LogP contribution in [0.3, 0.4) is 0 Å². The van der Waals surface area contributed by atoms with Crippen LogP contribution in [0.5, 0.6) is 0 Å². The summed E-state index contributed by atoms with van der Waals surface area (Å²) >= 11 is 1.51. The van der Waals surface area contributed by atoms with Crippen molar-refractivity contribution >= 4 is 29.3 Å². The molecule has 2 aromatic rings. The van der Waals surface area contributed by atoms with Gasteiger partial charge in [-0.25, -0.2) is 4.39 Å². The third kappa shape index (κ3) is 3.85. The Hall–Kier alpha value is -2.34. The van der Waals surface area contributed by atoms with Crippen LogP contribution >= 0.6 is 11.8 Å². The Bertz CT molecular complexity index is 779. The molecule has 0 unspecified atom stereocenters. The van der Waals surface area contributed by atoms with Gasteiger partial charge >= 0.3 is 0 Å². The maximum atomic E-state index is 13.7. The lowest BCUT2D eigenvalue weighted by atomic mass is 10.1. The number of hydrogen-bond donors (Lipinski definition) is 1. The molecule has 3 rings (SSSR count). The smallest absolute Gasteiger partial charge is 0.255 e. The first-order valence-electron chi connectivity index (χ1n) is 8.13. The molecule has 25 heavy (non-hydrogen) atoms. The highest BCUT2D eigenvalue weighted by atomic mass is 32.2. The van der Waals surface area contributed by atoms with Crippen LogP contribution in [0.1, 0.15) is 22.8 Å². The second-order valence-corrected chi connectivity index (χ2v) is 6.81. The Kier molecular flexibility index (Phi) is 5.38. The van der Waals surface area contributed by atoms with Crippen LogP contribution in [-0.4, -0.2) is 34.4 Å².